The van der Waals surface area contributed by atoms with Crippen LogP contribution in [0.15, 0.2) is 36.4 Å². The number of phenols is 2. The van der Waals surface area contributed by atoms with Crippen molar-refractivity contribution in [3.05, 3.63) is 69.8 Å². The van der Waals surface area contributed by atoms with Crippen LogP contribution in [0.3, 0.4) is 0 Å². The average molecular weight is 699 g/mol. The van der Waals surface area contributed by atoms with Gasteiger partial charge in [-0.1, -0.05) is 0 Å². The van der Waals surface area contributed by atoms with Crippen molar-refractivity contribution in [3.63, 3.8) is 0 Å². The van der Waals surface area contributed by atoms with Crippen LogP contribution in [-0.4, -0.2) is 89.9 Å². The normalized spacial score (nSPS) is 17.9. The fourth-order valence-corrected chi connectivity index (χ4v) is 8.21. The largest absolute Gasteiger partial charge is 0.504 e. The molecule has 4 aromatic rings. The maximum absolute atomic E-state index is 11.0. The van der Waals surface area contributed by atoms with Crippen molar-refractivity contribution >= 4 is 0 Å². The molecule has 0 saturated carbocycles. The molecule has 0 saturated heterocycles. The molecule has 0 aromatic heterocycles. The van der Waals surface area contributed by atoms with Gasteiger partial charge in [-0.25, -0.2) is 0 Å². The smallest absolute Gasteiger partial charge is 0.204 e. The van der Waals surface area contributed by atoms with Crippen LogP contribution in [0.5, 0.6) is 57.5 Å². The summed E-state index contributed by atoms with van der Waals surface area (Å²) in [7, 11) is 13.9. The van der Waals surface area contributed by atoms with E-state index >= 15 is 0 Å². The first-order chi connectivity index (χ1) is 24.6. The average Bonchev–Trinajstić information content (AvgIpc) is 3.13. The Morgan fingerprint density at radius 1 is 0.627 bits per heavy atom. The molecule has 2 aliphatic heterocycles. The molecule has 4 aromatic carbocycles. The van der Waals surface area contributed by atoms with E-state index in [0.29, 0.717) is 46.7 Å². The number of nitrogens with zero attached hydrogens (tertiary/aromatic N) is 2. The van der Waals surface area contributed by atoms with Crippen molar-refractivity contribution in [2.24, 2.45) is 0 Å². The van der Waals surface area contributed by atoms with Gasteiger partial charge in [0.2, 0.25) is 5.75 Å². The highest BCUT2D eigenvalue weighted by Gasteiger charge is 2.40. The Morgan fingerprint density at radius 2 is 1.27 bits per heavy atom. The van der Waals surface area contributed by atoms with Gasteiger partial charge in [0.1, 0.15) is 5.75 Å². The molecule has 0 spiro atoms. The van der Waals surface area contributed by atoms with Crippen molar-refractivity contribution in [1.29, 1.82) is 0 Å². The van der Waals surface area contributed by atoms with Gasteiger partial charge in [-0.2, -0.15) is 0 Å². The topological polar surface area (TPSA) is 112 Å². The minimum atomic E-state index is -0.0990. The highest BCUT2D eigenvalue weighted by atomic mass is 16.5. The van der Waals surface area contributed by atoms with Gasteiger partial charge < -0.3 is 43.4 Å². The van der Waals surface area contributed by atoms with Crippen LogP contribution in [0.4, 0.5) is 0 Å². The number of hydrogen-bond acceptors (Lipinski definition) is 11. The zero-order chi connectivity index (χ0) is 36.1. The summed E-state index contributed by atoms with van der Waals surface area (Å²) in [4.78, 5) is 4.63. The number of hydrogen-bond donors (Lipinski definition) is 2. The van der Waals surface area contributed by atoms with Gasteiger partial charge in [-0.15, -0.1) is 0 Å². The fourth-order valence-electron chi connectivity index (χ4n) is 8.21. The van der Waals surface area contributed by atoms with Crippen LogP contribution in [-0.2, 0) is 25.7 Å². The summed E-state index contributed by atoms with van der Waals surface area (Å²) < 4.78 is 41.6. The number of methoxy groups -OCH3 is 6. The minimum Gasteiger partial charge on any atom is -0.504 e. The third-order valence-corrected chi connectivity index (χ3v) is 10.8. The molecule has 0 amide bonds. The lowest BCUT2D eigenvalue weighted by molar-refractivity contribution is 0.222. The third-order valence-electron chi connectivity index (χ3n) is 10.8. The number of benzene rings is 4. The summed E-state index contributed by atoms with van der Waals surface area (Å²) in [6.07, 6.45) is 2.89. The zero-order valence-corrected chi connectivity index (χ0v) is 30.5. The van der Waals surface area contributed by atoms with Crippen molar-refractivity contribution in [3.8, 4) is 68.6 Å². The van der Waals surface area contributed by atoms with E-state index in [9.17, 15) is 10.2 Å². The fraction of sp³-hybridized carbons (Fsp3) is 0.400. The molecule has 2 N–H and O–H groups in total. The van der Waals surface area contributed by atoms with E-state index in [-0.39, 0.29) is 23.6 Å². The summed E-state index contributed by atoms with van der Waals surface area (Å²) >= 11 is 0. The van der Waals surface area contributed by atoms with Crippen molar-refractivity contribution in [2.45, 2.75) is 37.8 Å². The number of phenolic OH excluding ortho intramolecular Hbond substituents is 2. The van der Waals surface area contributed by atoms with E-state index in [2.05, 4.69) is 23.9 Å². The first-order valence-corrected chi connectivity index (χ1v) is 17.1. The maximum atomic E-state index is 11.0. The standard InChI is InChI=1S/C40H46N2O9/c1-41-11-9-21-16-32(45-3)30(44)18-25(21)27(41)14-23-15-29(43)33(46-4)20-31(23)51-35-17-22-13-28-36-24(10-12-42(28)2)38(48-6)40(50-8)39(49-7)37(36)26(22)19-34(35)47-5/h15-20,27-28,43-44H,9-14H2,1-8H3/t27-,28-/m0/s1. The Balaban J connectivity index is 1.34. The number of likely N-dealkylation sites (N-methyl/N-ethyl adjacent to an activating group) is 2. The highest BCUT2D eigenvalue weighted by molar-refractivity contribution is 5.87. The number of aromatic hydroxyl groups is 2. The SMILES string of the molecule is COc1cc2c(cc1O)[C@H](Cc1cc(O)c(OC)cc1Oc1cc3c(cc1OC)-c1c(OC)c(OC)c(OC)c4c1[C@H](C3)N(C)CC4)N(C)CC2. The lowest BCUT2D eigenvalue weighted by atomic mass is 9.76. The molecular weight excluding hydrogens is 652 g/mol. The lowest BCUT2D eigenvalue weighted by Gasteiger charge is -2.41. The molecule has 51 heavy (non-hydrogen) atoms. The summed E-state index contributed by atoms with van der Waals surface area (Å²) in [5, 5.41) is 21.7. The Morgan fingerprint density at radius 3 is 1.96 bits per heavy atom. The van der Waals surface area contributed by atoms with Gasteiger partial charge in [0.25, 0.3) is 0 Å². The molecule has 0 fully saturated rings. The van der Waals surface area contributed by atoms with Gasteiger partial charge >= 0.3 is 0 Å². The van der Waals surface area contributed by atoms with Crippen molar-refractivity contribution in [2.75, 3.05) is 69.8 Å². The van der Waals surface area contributed by atoms with Crippen molar-refractivity contribution < 1.29 is 43.4 Å². The molecule has 270 valence electrons. The molecule has 1 aliphatic carbocycles. The molecule has 0 radical (unpaired) electrons. The third kappa shape index (κ3) is 5.68. The number of ether oxygens (including phenoxy) is 7. The van der Waals surface area contributed by atoms with Gasteiger partial charge in [0, 0.05) is 47.9 Å². The lowest BCUT2D eigenvalue weighted by Crippen LogP contribution is -2.36. The van der Waals surface area contributed by atoms with Gasteiger partial charge in [0.05, 0.1) is 42.7 Å². The zero-order valence-electron chi connectivity index (χ0n) is 30.5. The van der Waals surface area contributed by atoms with E-state index in [4.69, 9.17) is 33.2 Å². The molecular formula is C40H46N2O9. The summed E-state index contributed by atoms with van der Waals surface area (Å²) in [6, 6.07) is 11.2. The van der Waals surface area contributed by atoms with Gasteiger partial charge in [-0.05, 0) is 97.9 Å². The predicted octanol–water partition coefficient (Wildman–Crippen LogP) is 6.47. The minimum absolute atomic E-state index is 0.0118. The summed E-state index contributed by atoms with van der Waals surface area (Å²) in [5.41, 5.74) is 8.25. The van der Waals surface area contributed by atoms with Crippen LogP contribution in [0.25, 0.3) is 11.1 Å². The van der Waals surface area contributed by atoms with E-state index in [0.717, 1.165) is 77.0 Å². The quantitative estimate of drug-likeness (QED) is 0.190. The Labute approximate surface area is 298 Å². The van der Waals surface area contributed by atoms with Crippen LogP contribution in [0.2, 0.25) is 0 Å². The molecule has 3 aliphatic rings. The van der Waals surface area contributed by atoms with E-state index in [1.807, 2.05) is 18.2 Å². The van der Waals surface area contributed by atoms with Crippen LogP contribution in [0.1, 0.15) is 45.5 Å². The second-order valence-corrected chi connectivity index (χ2v) is 13.4. The monoisotopic (exact) mass is 698 g/mol. The molecule has 11 heteroatoms. The maximum Gasteiger partial charge on any atom is 0.204 e. The molecule has 11 nitrogen and oxygen atoms in total. The van der Waals surface area contributed by atoms with Gasteiger partial charge in [-0.3, -0.25) is 9.80 Å². The van der Waals surface area contributed by atoms with E-state index in [1.165, 1.54) is 12.7 Å². The predicted molar refractivity (Wildman–Crippen MR) is 193 cm³/mol. The molecule has 2 heterocycles. The summed E-state index contributed by atoms with van der Waals surface area (Å²) in [5.74, 6) is 4.37. The molecule has 0 unspecified atom stereocenters. The molecule has 7 rings (SSSR count). The second kappa shape index (κ2) is 13.6. The van der Waals surface area contributed by atoms with Crippen LogP contribution in [0, 0.1) is 0 Å². The van der Waals surface area contributed by atoms with E-state index < -0.39 is 0 Å². The Kier molecular flexibility index (Phi) is 9.19. The Bertz CT molecular complexity index is 1990. The van der Waals surface area contributed by atoms with Crippen molar-refractivity contribution in [1.82, 2.24) is 9.80 Å². The first kappa shape index (κ1) is 34.4. The molecule has 0 bridgehead atoms. The van der Waals surface area contributed by atoms with Crippen LogP contribution < -0.4 is 33.2 Å². The highest BCUT2D eigenvalue weighted by Crippen LogP contribution is 2.58. The first-order valence-electron chi connectivity index (χ1n) is 17.1. The van der Waals surface area contributed by atoms with Gasteiger partial charge in [0.15, 0.2) is 46.0 Å². The summed E-state index contributed by atoms with van der Waals surface area (Å²) in [6.45, 7) is 1.69. The Hall–Kier alpha value is -5.00. The van der Waals surface area contributed by atoms with E-state index in [1.54, 1.807) is 53.7 Å². The van der Waals surface area contributed by atoms with Crippen LogP contribution >= 0.6 is 0 Å². The number of rotatable bonds is 10. The molecule has 2 atom stereocenters. The second-order valence-electron chi connectivity index (χ2n) is 13.4. The number of fused-ring (bicyclic) bond motifs is 3.